The van der Waals surface area contributed by atoms with Crippen LogP contribution in [-0.2, 0) is 14.8 Å². The molecule has 29 heavy (non-hydrogen) atoms. The second-order valence-corrected chi connectivity index (χ2v) is 10.2. The van der Waals surface area contributed by atoms with Crippen LogP contribution >= 0.6 is 11.8 Å². The highest BCUT2D eigenvalue weighted by Crippen LogP contribution is 2.37. The van der Waals surface area contributed by atoms with E-state index in [1.165, 1.54) is 17.1 Å². The van der Waals surface area contributed by atoms with Crippen LogP contribution in [0.15, 0.2) is 47.0 Å². The van der Waals surface area contributed by atoms with E-state index in [-0.39, 0.29) is 4.90 Å². The zero-order valence-corrected chi connectivity index (χ0v) is 18.0. The molecule has 4 rings (SSSR count). The topological polar surface area (TPSA) is 77.3 Å². The predicted octanol–water partition coefficient (Wildman–Crippen LogP) is 3.36. The monoisotopic (exact) mass is 434 g/mol. The maximum Gasteiger partial charge on any atom is 0.243 e. The van der Waals surface area contributed by atoms with E-state index in [0.717, 1.165) is 35.1 Å². The molecule has 7 nitrogen and oxygen atoms in total. The van der Waals surface area contributed by atoms with Crippen molar-refractivity contribution in [3.8, 4) is 11.4 Å². The number of rotatable bonds is 7. The zero-order chi connectivity index (χ0) is 20.3. The third-order valence-electron chi connectivity index (χ3n) is 5.38. The summed E-state index contributed by atoms with van der Waals surface area (Å²) >= 11 is 1.61. The Morgan fingerprint density at radius 3 is 2.69 bits per heavy atom. The van der Waals surface area contributed by atoms with Gasteiger partial charge in [-0.2, -0.15) is 4.31 Å². The van der Waals surface area contributed by atoms with Gasteiger partial charge in [-0.25, -0.2) is 8.42 Å². The first kappa shape index (κ1) is 20.6. The van der Waals surface area contributed by atoms with Crippen LogP contribution in [0.4, 0.5) is 0 Å². The van der Waals surface area contributed by atoms with Crippen molar-refractivity contribution in [2.75, 3.05) is 32.1 Å². The summed E-state index contributed by atoms with van der Waals surface area (Å²) in [5.41, 5.74) is 0.782. The smallest absolute Gasteiger partial charge is 0.243 e. The molecule has 0 bridgehead atoms. The number of nitrogens with zero attached hydrogens (tertiary/aromatic N) is 4. The lowest BCUT2D eigenvalue weighted by Crippen LogP contribution is -2.40. The van der Waals surface area contributed by atoms with Gasteiger partial charge in [-0.3, -0.25) is 4.57 Å². The van der Waals surface area contributed by atoms with Crippen LogP contribution < -0.4 is 0 Å². The Balaban J connectivity index is 1.71. The Bertz CT molecular complexity index is 962. The molecular formula is C20H26N4O3S2. The van der Waals surface area contributed by atoms with Gasteiger partial charge in [-0.1, -0.05) is 42.8 Å². The second kappa shape index (κ2) is 8.99. The lowest BCUT2D eigenvalue weighted by Gasteiger charge is -2.26. The van der Waals surface area contributed by atoms with E-state index in [2.05, 4.69) is 21.3 Å². The van der Waals surface area contributed by atoms with Crippen molar-refractivity contribution in [1.82, 2.24) is 19.1 Å². The largest absolute Gasteiger partial charge is 0.379 e. The van der Waals surface area contributed by atoms with Crippen LogP contribution in [0.25, 0.3) is 11.4 Å². The molecule has 0 N–H and O–H groups in total. The predicted molar refractivity (Wildman–Crippen MR) is 113 cm³/mol. The number of aromatic nitrogens is 3. The minimum absolute atomic E-state index is 0.290. The van der Waals surface area contributed by atoms with Crippen molar-refractivity contribution in [2.45, 2.75) is 41.8 Å². The molecule has 2 fully saturated rings. The summed E-state index contributed by atoms with van der Waals surface area (Å²) in [5.74, 6) is 1.50. The summed E-state index contributed by atoms with van der Waals surface area (Å²) in [4.78, 5) is 0.290. The number of benzene rings is 1. The first-order valence-electron chi connectivity index (χ1n) is 9.98. The van der Waals surface area contributed by atoms with Gasteiger partial charge in [0.15, 0.2) is 11.0 Å². The van der Waals surface area contributed by atoms with Crippen molar-refractivity contribution in [3.63, 3.8) is 0 Å². The van der Waals surface area contributed by atoms with E-state index in [1.54, 1.807) is 30.0 Å². The standard InChI is InChI=1S/C20H26N4O3S2/c1-2-14-28-20-22-21-19(24(20)17-7-3-4-8-17)16-6-5-9-18(15-16)29(25,26)23-10-12-27-13-11-23/h2,5-6,9,15,17H,1,3-4,7-8,10-14H2. The lowest BCUT2D eigenvalue weighted by molar-refractivity contribution is 0.0730. The van der Waals surface area contributed by atoms with Gasteiger partial charge < -0.3 is 4.74 Å². The van der Waals surface area contributed by atoms with Crippen molar-refractivity contribution < 1.29 is 13.2 Å². The molecule has 156 valence electrons. The SMILES string of the molecule is C=CCSc1nnc(-c2cccc(S(=O)(=O)N3CCOCC3)c2)n1C1CCCC1. The van der Waals surface area contributed by atoms with Crippen LogP contribution in [-0.4, -0.2) is 59.5 Å². The molecule has 1 aromatic heterocycles. The van der Waals surface area contributed by atoms with Gasteiger partial charge >= 0.3 is 0 Å². The summed E-state index contributed by atoms with van der Waals surface area (Å²) in [5, 5.41) is 9.73. The van der Waals surface area contributed by atoms with Gasteiger partial charge in [0.2, 0.25) is 10.0 Å². The Labute approximate surface area is 176 Å². The number of hydrogen-bond acceptors (Lipinski definition) is 6. The van der Waals surface area contributed by atoms with Gasteiger partial charge in [0, 0.05) is 30.4 Å². The summed E-state index contributed by atoms with van der Waals surface area (Å²) in [6, 6.07) is 7.43. The Hall–Kier alpha value is -1.68. The molecule has 0 atom stereocenters. The first-order chi connectivity index (χ1) is 14.1. The number of ether oxygens (including phenoxy) is 1. The van der Waals surface area contributed by atoms with Crippen LogP contribution in [0.1, 0.15) is 31.7 Å². The van der Waals surface area contributed by atoms with E-state index in [1.807, 2.05) is 12.1 Å². The van der Waals surface area contributed by atoms with Gasteiger partial charge in [0.25, 0.3) is 0 Å². The Kier molecular flexibility index (Phi) is 6.38. The molecule has 1 aromatic carbocycles. The van der Waals surface area contributed by atoms with Crippen molar-refractivity contribution in [3.05, 3.63) is 36.9 Å². The molecule has 2 aromatic rings. The van der Waals surface area contributed by atoms with Crippen molar-refractivity contribution in [2.24, 2.45) is 0 Å². The number of hydrogen-bond donors (Lipinski definition) is 0. The molecule has 9 heteroatoms. The minimum Gasteiger partial charge on any atom is -0.379 e. The van der Waals surface area contributed by atoms with Crippen LogP contribution in [0, 0.1) is 0 Å². The second-order valence-electron chi connectivity index (χ2n) is 7.26. The highest BCUT2D eigenvalue weighted by molar-refractivity contribution is 7.99. The summed E-state index contributed by atoms with van der Waals surface area (Å²) in [7, 11) is -3.55. The molecule has 0 radical (unpaired) electrons. The number of thioether (sulfide) groups is 1. The molecule has 1 aliphatic heterocycles. The van der Waals surface area contributed by atoms with Crippen LogP contribution in [0.5, 0.6) is 0 Å². The van der Waals surface area contributed by atoms with E-state index in [4.69, 9.17) is 4.74 Å². The van der Waals surface area contributed by atoms with E-state index >= 15 is 0 Å². The highest BCUT2D eigenvalue weighted by atomic mass is 32.2. The van der Waals surface area contributed by atoms with Crippen molar-refractivity contribution >= 4 is 21.8 Å². The first-order valence-corrected chi connectivity index (χ1v) is 12.4. The molecule has 0 unspecified atom stereocenters. The molecule has 1 saturated heterocycles. The Morgan fingerprint density at radius 2 is 1.97 bits per heavy atom. The molecule has 0 amide bonds. The van der Waals surface area contributed by atoms with Crippen LogP contribution in [0.2, 0.25) is 0 Å². The normalized spacial score (nSPS) is 18.9. The molecule has 2 heterocycles. The zero-order valence-electron chi connectivity index (χ0n) is 16.4. The van der Waals surface area contributed by atoms with Gasteiger partial charge in [-0.15, -0.1) is 16.8 Å². The highest BCUT2D eigenvalue weighted by Gasteiger charge is 2.28. The molecule has 0 spiro atoms. The van der Waals surface area contributed by atoms with E-state index in [0.29, 0.717) is 32.3 Å². The fraction of sp³-hybridized carbons (Fsp3) is 0.500. The maximum atomic E-state index is 13.1. The third-order valence-corrected chi connectivity index (χ3v) is 8.22. The van der Waals surface area contributed by atoms with Gasteiger partial charge in [0.05, 0.1) is 18.1 Å². The summed E-state index contributed by atoms with van der Waals surface area (Å²) in [6.45, 7) is 5.42. The van der Waals surface area contributed by atoms with Gasteiger partial charge in [0.1, 0.15) is 0 Å². The van der Waals surface area contributed by atoms with Crippen molar-refractivity contribution in [1.29, 1.82) is 0 Å². The fourth-order valence-corrected chi connectivity index (χ4v) is 6.12. The Morgan fingerprint density at radius 1 is 1.21 bits per heavy atom. The fourth-order valence-electron chi connectivity index (χ4n) is 3.93. The molecular weight excluding hydrogens is 408 g/mol. The lowest BCUT2D eigenvalue weighted by atomic mass is 10.2. The van der Waals surface area contributed by atoms with E-state index < -0.39 is 10.0 Å². The number of sulfonamides is 1. The molecule has 1 saturated carbocycles. The summed E-state index contributed by atoms with van der Waals surface area (Å²) < 4.78 is 35.1. The molecule has 1 aliphatic carbocycles. The third kappa shape index (κ3) is 4.28. The average molecular weight is 435 g/mol. The average Bonchev–Trinajstić information content (AvgIpc) is 3.42. The maximum absolute atomic E-state index is 13.1. The number of morpholine rings is 1. The van der Waals surface area contributed by atoms with E-state index in [9.17, 15) is 8.42 Å². The minimum atomic E-state index is -3.55. The quantitative estimate of drug-likeness (QED) is 0.491. The van der Waals surface area contributed by atoms with Gasteiger partial charge in [-0.05, 0) is 25.0 Å². The van der Waals surface area contributed by atoms with Crippen LogP contribution in [0.3, 0.4) is 0 Å². The molecule has 2 aliphatic rings. The summed E-state index contributed by atoms with van der Waals surface area (Å²) in [6.07, 6.45) is 6.43.